The maximum atomic E-state index is 13.0. The van der Waals surface area contributed by atoms with Gasteiger partial charge in [-0.1, -0.05) is 6.92 Å². The van der Waals surface area contributed by atoms with E-state index in [0.29, 0.717) is 51.0 Å². The predicted molar refractivity (Wildman–Crippen MR) is 130 cm³/mol. The summed E-state index contributed by atoms with van der Waals surface area (Å²) in [6.07, 6.45) is 5.82. The van der Waals surface area contributed by atoms with Crippen LogP contribution in [0.5, 0.6) is 0 Å². The summed E-state index contributed by atoms with van der Waals surface area (Å²) in [6.45, 7) is 6.04. The summed E-state index contributed by atoms with van der Waals surface area (Å²) in [7, 11) is -3.50. The van der Waals surface area contributed by atoms with Crippen LogP contribution in [-0.2, 0) is 32.6 Å². The third-order valence-corrected chi connectivity index (χ3v) is 8.52. The molecule has 2 saturated heterocycles. The minimum absolute atomic E-state index is 0.0415. The number of imidazole rings is 1. The Hall–Kier alpha value is -2.46. The topological polar surface area (TPSA) is 105 Å². The maximum absolute atomic E-state index is 13.0. The van der Waals surface area contributed by atoms with E-state index in [1.165, 1.54) is 0 Å². The first kappa shape index (κ1) is 24.7. The lowest BCUT2D eigenvalue weighted by atomic mass is 10.2. The Balaban J connectivity index is 1.38. The summed E-state index contributed by atoms with van der Waals surface area (Å²) in [6, 6.07) is 5.17. The van der Waals surface area contributed by atoms with Crippen LogP contribution < -0.4 is 5.32 Å². The molecule has 10 heteroatoms. The number of sulfonamides is 1. The molecule has 2 aromatic rings. The molecule has 0 spiro atoms. The van der Waals surface area contributed by atoms with Crippen LogP contribution in [0, 0.1) is 0 Å². The molecule has 2 fully saturated rings. The highest BCUT2D eigenvalue weighted by molar-refractivity contribution is 7.89. The van der Waals surface area contributed by atoms with Crippen LogP contribution in [0.4, 0.5) is 0 Å². The summed E-state index contributed by atoms with van der Waals surface area (Å²) in [4.78, 5) is 30.9. The number of carbonyl (C=O) groups is 2. The van der Waals surface area contributed by atoms with Crippen molar-refractivity contribution < 1.29 is 18.0 Å². The number of likely N-dealkylation sites (tertiary alicyclic amines) is 1. The molecule has 1 aromatic carbocycles. The van der Waals surface area contributed by atoms with Crippen LogP contribution in [-0.4, -0.2) is 71.7 Å². The Labute approximate surface area is 201 Å². The van der Waals surface area contributed by atoms with Gasteiger partial charge in [-0.25, -0.2) is 13.4 Å². The second-order valence-electron chi connectivity index (χ2n) is 9.13. The maximum Gasteiger partial charge on any atom is 0.243 e. The third-order valence-electron chi connectivity index (χ3n) is 6.62. The van der Waals surface area contributed by atoms with Gasteiger partial charge in [0.25, 0.3) is 0 Å². The van der Waals surface area contributed by atoms with Gasteiger partial charge < -0.3 is 14.8 Å². The lowest BCUT2D eigenvalue weighted by molar-refractivity contribution is -0.127. The summed E-state index contributed by atoms with van der Waals surface area (Å²) in [5.41, 5.74) is 1.55. The van der Waals surface area contributed by atoms with Crippen molar-refractivity contribution in [3.63, 3.8) is 0 Å². The minimum Gasteiger partial charge on any atom is -0.356 e. The third kappa shape index (κ3) is 5.43. The van der Waals surface area contributed by atoms with Gasteiger partial charge in [-0.15, -0.1) is 0 Å². The van der Waals surface area contributed by atoms with Crippen LogP contribution in [0.25, 0.3) is 11.0 Å². The monoisotopic (exact) mass is 489 g/mol. The van der Waals surface area contributed by atoms with Gasteiger partial charge in [-0.2, -0.15) is 4.31 Å². The van der Waals surface area contributed by atoms with Gasteiger partial charge in [0.2, 0.25) is 21.8 Å². The Morgan fingerprint density at radius 3 is 2.62 bits per heavy atom. The van der Waals surface area contributed by atoms with Crippen LogP contribution in [0.1, 0.15) is 57.7 Å². The van der Waals surface area contributed by atoms with Crippen molar-refractivity contribution in [3.8, 4) is 0 Å². The summed E-state index contributed by atoms with van der Waals surface area (Å²) < 4.78 is 29.5. The molecule has 2 aliphatic rings. The molecule has 9 nitrogen and oxygen atoms in total. The number of rotatable bonds is 11. The number of aryl methyl sites for hydroxylation is 2. The molecule has 1 N–H and O–H groups in total. The Morgan fingerprint density at radius 1 is 1.12 bits per heavy atom. The lowest BCUT2D eigenvalue weighted by Crippen LogP contribution is -2.30. The van der Waals surface area contributed by atoms with Gasteiger partial charge in [0.1, 0.15) is 5.82 Å². The van der Waals surface area contributed by atoms with E-state index in [9.17, 15) is 18.0 Å². The van der Waals surface area contributed by atoms with Crippen LogP contribution in [0.2, 0.25) is 0 Å². The van der Waals surface area contributed by atoms with Crippen molar-refractivity contribution in [2.45, 2.75) is 69.7 Å². The zero-order chi connectivity index (χ0) is 24.1. The van der Waals surface area contributed by atoms with Gasteiger partial charge in [-0.05, 0) is 50.3 Å². The van der Waals surface area contributed by atoms with Gasteiger partial charge in [-0.3, -0.25) is 9.59 Å². The first-order valence-corrected chi connectivity index (χ1v) is 13.9. The van der Waals surface area contributed by atoms with Crippen LogP contribution >= 0.6 is 0 Å². The number of fused-ring (bicyclic) bond motifs is 1. The fourth-order valence-electron chi connectivity index (χ4n) is 4.81. The molecule has 0 bridgehead atoms. The number of hydrogen-bond donors (Lipinski definition) is 1. The smallest absolute Gasteiger partial charge is 0.243 e. The molecule has 0 atom stereocenters. The predicted octanol–water partition coefficient (Wildman–Crippen LogP) is 2.29. The van der Waals surface area contributed by atoms with E-state index in [-0.39, 0.29) is 16.7 Å². The zero-order valence-corrected chi connectivity index (χ0v) is 20.8. The lowest BCUT2D eigenvalue weighted by Gasteiger charge is -2.15. The summed E-state index contributed by atoms with van der Waals surface area (Å²) in [5.74, 6) is 0.961. The van der Waals surface area contributed by atoms with E-state index in [2.05, 4.69) is 16.8 Å². The van der Waals surface area contributed by atoms with Crippen molar-refractivity contribution in [2.24, 2.45) is 0 Å². The SMILES string of the molecule is CCCn1c(CCC(=O)NCCCN2CCCC2=O)nc2cc(S(=O)(=O)N3CCCC3)ccc21. The highest BCUT2D eigenvalue weighted by atomic mass is 32.2. The Morgan fingerprint density at radius 2 is 1.91 bits per heavy atom. The second-order valence-corrected chi connectivity index (χ2v) is 11.1. The van der Waals surface area contributed by atoms with Gasteiger partial charge in [0.05, 0.1) is 15.9 Å². The normalized spacial score (nSPS) is 17.2. The first-order chi connectivity index (χ1) is 16.4. The molecule has 2 amide bonds. The molecule has 1 aromatic heterocycles. The number of benzene rings is 1. The van der Waals surface area contributed by atoms with Crippen molar-refractivity contribution in [2.75, 3.05) is 32.7 Å². The Bertz CT molecular complexity index is 1140. The molecule has 0 aliphatic carbocycles. The number of hydrogen-bond acceptors (Lipinski definition) is 5. The van der Waals surface area contributed by atoms with Crippen molar-refractivity contribution in [3.05, 3.63) is 24.0 Å². The van der Waals surface area contributed by atoms with Crippen molar-refractivity contribution >= 4 is 32.9 Å². The molecule has 3 heterocycles. The zero-order valence-electron chi connectivity index (χ0n) is 20.0. The van der Waals surface area contributed by atoms with E-state index in [1.54, 1.807) is 16.4 Å². The number of nitrogens with zero attached hydrogens (tertiary/aromatic N) is 4. The fourth-order valence-corrected chi connectivity index (χ4v) is 6.35. The van der Waals surface area contributed by atoms with E-state index in [1.807, 2.05) is 11.0 Å². The average Bonchev–Trinajstić information content (AvgIpc) is 3.56. The molecule has 0 saturated carbocycles. The van der Waals surface area contributed by atoms with Gasteiger partial charge in [0.15, 0.2) is 0 Å². The van der Waals surface area contributed by atoms with Gasteiger partial charge in [0, 0.05) is 58.5 Å². The molecule has 2 aliphatic heterocycles. The van der Waals surface area contributed by atoms with E-state index >= 15 is 0 Å². The van der Waals surface area contributed by atoms with Crippen molar-refractivity contribution in [1.82, 2.24) is 24.1 Å². The quantitative estimate of drug-likeness (QED) is 0.488. The second kappa shape index (κ2) is 10.9. The first-order valence-electron chi connectivity index (χ1n) is 12.4. The number of carbonyl (C=O) groups excluding carboxylic acids is 2. The molecule has 4 rings (SSSR count). The minimum atomic E-state index is -3.50. The molecule has 34 heavy (non-hydrogen) atoms. The van der Waals surface area contributed by atoms with E-state index < -0.39 is 10.0 Å². The molecular weight excluding hydrogens is 454 g/mol. The molecule has 186 valence electrons. The van der Waals surface area contributed by atoms with Crippen LogP contribution in [0.3, 0.4) is 0 Å². The van der Waals surface area contributed by atoms with Gasteiger partial charge >= 0.3 is 0 Å². The Kier molecular flexibility index (Phi) is 7.88. The highest BCUT2D eigenvalue weighted by Crippen LogP contribution is 2.26. The number of amides is 2. The largest absolute Gasteiger partial charge is 0.356 e. The average molecular weight is 490 g/mol. The summed E-state index contributed by atoms with van der Waals surface area (Å²) >= 11 is 0. The number of aromatic nitrogens is 2. The van der Waals surface area contributed by atoms with Crippen molar-refractivity contribution in [1.29, 1.82) is 0 Å². The van der Waals surface area contributed by atoms with Crippen LogP contribution in [0.15, 0.2) is 23.1 Å². The highest BCUT2D eigenvalue weighted by Gasteiger charge is 2.28. The van der Waals surface area contributed by atoms with E-state index in [4.69, 9.17) is 4.98 Å². The molecular formula is C24H35N5O4S. The fraction of sp³-hybridized carbons (Fsp3) is 0.625. The summed E-state index contributed by atoms with van der Waals surface area (Å²) in [5, 5.41) is 2.94. The number of nitrogens with one attached hydrogen (secondary N) is 1. The molecule has 0 unspecified atom stereocenters. The molecule has 0 radical (unpaired) electrons. The standard InChI is InChI=1S/C24H35N5O4S/c1-2-13-29-21-9-8-19(34(32,33)28-16-3-4-17-28)18-20(21)26-22(29)10-11-23(30)25-12-6-15-27-14-5-7-24(27)31/h8-9,18H,2-7,10-17H2,1H3,(H,25,30). The van der Waals surface area contributed by atoms with E-state index in [0.717, 1.165) is 56.5 Å².